The first kappa shape index (κ1) is 17.0. The maximum absolute atomic E-state index is 12.4. The van der Waals surface area contributed by atoms with Gasteiger partial charge in [0.05, 0.1) is 10.6 Å². The van der Waals surface area contributed by atoms with E-state index in [-0.39, 0.29) is 4.90 Å². The van der Waals surface area contributed by atoms with E-state index in [0.717, 1.165) is 15.9 Å². The molecular formula is C13H14Br2N2O2S2. The van der Waals surface area contributed by atoms with Crippen LogP contribution in [0.5, 0.6) is 0 Å². The van der Waals surface area contributed by atoms with E-state index in [9.17, 15) is 8.42 Å². The highest BCUT2D eigenvalue weighted by molar-refractivity contribution is 9.11. The molecule has 1 aromatic carbocycles. The van der Waals surface area contributed by atoms with Crippen LogP contribution in [0.1, 0.15) is 11.8 Å². The van der Waals surface area contributed by atoms with Gasteiger partial charge in [0.15, 0.2) is 0 Å². The van der Waals surface area contributed by atoms with E-state index in [4.69, 9.17) is 0 Å². The summed E-state index contributed by atoms with van der Waals surface area (Å²) in [6, 6.07) is 6.98. The van der Waals surface area contributed by atoms with Crippen LogP contribution in [0.4, 0.5) is 5.69 Å². The van der Waals surface area contributed by atoms with Gasteiger partial charge < -0.3 is 5.32 Å². The van der Waals surface area contributed by atoms with Crippen molar-refractivity contribution in [3.63, 3.8) is 0 Å². The normalized spacial score (nSPS) is 11.6. The molecule has 0 unspecified atom stereocenters. The first-order valence-electron chi connectivity index (χ1n) is 6.18. The van der Waals surface area contributed by atoms with E-state index < -0.39 is 10.0 Å². The van der Waals surface area contributed by atoms with Crippen LogP contribution in [0.2, 0.25) is 0 Å². The van der Waals surface area contributed by atoms with Crippen LogP contribution >= 0.6 is 43.2 Å². The largest absolute Gasteiger partial charge is 0.312 e. The Bertz CT molecular complexity index is 730. The van der Waals surface area contributed by atoms with E-state index in [2.05, 4.69) is 41.9 Å². The van der Waals surface area contributed by atoms with Crippen LogP contribution in [0, 0.1) is 0 Å². The van der Waals surface area contributed by atoms with E-state index in [1.54, 1.807) is 29.6 Å². The van der Waals surface area contributed by atoms with E-state index in [0.29, 0.717) is 16.7 Å². The van der Waals surface area contributed by atoms with Gasteiger partial charge in [-0.3, -0.25) is 4.72 Å². The van der Waals surface area contributed by atoms with Gasteiger partial charge in [-0.25, -0.2) is 8.42 Å². The molecular weight excluding hydrogens is 440 g/mol. The number of thiophene rings is 1. The number of benzene rings is 1. The van der Waals surface area contributed by atoms with Gasteiger partial charge >= 0.3 is 0 Å². The van der Waals surface area contributed by atoms with Crippen LogP contribution in [0.3, 0.4) is 0 Å². The van der Waals surface area contributed by atoms with Crippen LogP contribution in [-0.2, 0) is 16.6 Å². The molecule has 0 radical (unpaired) electrons. The van der Waals surface area contributed by atoms with Crippen LogP contribution in [0.15, 0.2) is 43.5 Å². The fraction of sp³-hybridized carbons (Fsp3) is 0.231. The zero-order chi connectivity index (χ0) is 15.5. The van der Waals surface area contributed by atoms with Gasteiger partial charge in [-0.05, 0) is 46.7 Å². The van der Waals surface area contributed by atoms with E-state index >= 15 is 0 Å². The molecule has 114 valence electrons. The van der Waals surface area contributed by atoms with Gasteiger partial charge in [-0.15, -0.1) is 11.3 Å². The molecule has 0 aliphatic carbocycles. The van der Waals surface area contributed by atoms with Crippen molar-refractivity contribution in [1.82, 2.24) is 5.32 Å². The van der Waals surface area contributed by atoms with Crippen molar-refractivity contribution < 1.29 is 8.42 Å². The second-order valence-electron chi connectivity index (χ2n) is 4.26. The van der Waals surface area contributed by atoms with Crippen molar-refractivity contribution in [2.45, 2.75) is 18.4 Å². The quantitative estimate of drug-likeness (QED) is 0.689. The van der Waals surface area contributed by atoms with Crippen molar-refractivity contribution in [3.8, 4) is 0 Å². The number of hydrogen-bond acceptors (Lipinski definition) is 4. The Hall–Kier alpha value is -0.410. The summed E-state index contributed by atoms with van der Waals surface area (Å²) in [6.45, 7) is 3.54. The number of rotatable bonds is 6. The molecule has 0 spiro atoms. The third-order valence-electron chi connectivity index (χ3n) is 2.66. The minimum atomic E-state index is -3.57. The number of hydrogen-bond donors (Lipinski definition) is 2. The van der Waals surface area contributed by atoms with Crippen molar-refractivity contribution in [1.29, 1.82) is 0 Å². The SMILES string of the molecule is CCNCc1cc(S(=O)(=O)Nc2ccc(Br)cc2Br)cs1. The molecule has 21 heavy (non-hydrogen) atoms. The molecule has 8 heteroatoms. The Balaban J connectivity index is 2.19. The minimum absolute atomic E-state index is 0.287. The molecule has 0 amide bonds. The lowest BCUT2D eigenvalue weighted by atomic mass is 10.3. The second-order valence-corrected chi connectivity index (χ2v) is 8.71. The standard InChI is InChI=1S/C13H14Br2N2O2S2/c1-2-16-7-10-6-11(8-20-10)21(18,19)17-13-4-3-9(14)5-12(13)15/h3-6,8,16-17H,2,7H2,1H3. The Morgan fingerprint density at radius 2 is 2.00 bits per heavy atom. The summed E-state index contributed by atoms with van der Waals surface area (Å²) in [5.41, 5.74) is 0.512. The molecule has 0 atom stereocenters. The van der Waals surface area contributed by atoms with Gasteiger partial charge in [0.25, 0.3) is 10.0 Å². The first-order valence-corrected chi connectivity index (χ1v) is 10.1. The summed E-state index contributed by atoms with van der Waals surface area (Å²) < 4.78 is 28.9. The van der Waals surface area contributed by atoms with Crippen molar-refractivity contribution in [2.75, 3.05) is 11.3 Å². The average Bonchev–Trinajstić information content (AvgIpc) is 2.89. The Kier molecular flexibility index (Phi) is 5.84. The molecule has 2 rings (SSSR count). The molecule has 0 aliphatic rings. The van der Waals surface area contributed by atoms with Crippen molar-refractivity contribution in [3.05, 3.63) is 43.5 Å². The predicted molar refractivity (Wildman–Crippen MR) is 94.4 cm³/mol. The van der Waals surface area contributed by atoms with Crippen LogP contribution in [0.25, 0.3) is 0 Å². The van der Waals surface area contributed by atoms with Crippen molar-refractivity contribution in [2.24, 2.45) is 0 Å². The molecule has 0 saturated heterocycles. The zero-order valence-corrected chi connectivity index (χ0v) is 16.0. The summed E-state index contributed by atoms with van der Waals surface area (Å²) >= 11 is 8.12. The Labute approximate surface area is 145 Å². The first-order chi connectivity index (χ1) is 9.92. The zero-order valence-electron chi connectivity index (χ0n) is 11.2. The van der Waals surface area contributed by atoms with Gasteiger partial charge in [0, 0.05) is 25.7 Å². The lowest BCUT2D eigenvalue weighted by Crippen LogP contribution is -2.13. The Morgan fingerprint density at radius 3 is 2.67 bits per heavy atom. The molecule has 1 heterocycles. The highest BCUT2D eigenvalue weighted by atomic mass is 79.9. The lowest BCUT2D eigenvalue weighted by Gasteiger charge is -2.08. The third-order valence-corrected chi connectivity index (χ3v) is 6.24. The van der Waals surface area contributed by atoms with Gasteiger partial charge in [0.1, 0.15) is 0 Å². The third kappa shape index (κ3) is 4.53. The number of anilines is 1. The maximum atomic E-state index is 12.4. The lowest BCUT2D eigenvalue weighted by molar-refractivity contribution is 0.601. The fourth-order valence-corrected chi connectivity index (χ4v) is 5.22. The van der Waals surface area contributed by atoms with E-state index in [1.807, 2.05) is 6.92 Å². The van der Waals surface area contributed by atoms with Gasteiger partial charge in [-0.1, -0.05) is 22.9 Å². The average molecular weight is 454 g/mol. The molecule has 2 N–H and O–H groups in total. The summed E-state index contributed by atoms with van der Waals surface area (Å²) in [4.78, 5) is 1.28. The number of nitrogens with one attached hydrogen (secondary N) is 2. The molecule has 0 aliphatic heterocycles. The Morgan fingerprint density at radius 1 is 1.24 bits per heavy atom. The molecule has 0 saturated carbocycles. The summed E-state index contributed by atoms with van der Waals surface area (Å²) in [5.74, 6) is 0. The fourth-order valence-electron chi connectivity index (χ4n) is 1.62. The smallest absolute Gasteiger partial charge is 0.262 e. The molecule has 0 bridgehead atoms. The second kappa shape index (κ2) is 7.23. The van der Waals surface area contributed by atoms with E-state index in [1.165, 1.54) is 11.3 Å². The highest BCUT2D eigenvalue weighted by Gasteiger charge is 2.17. The number of sulfonamides is 1. The number of halogens is 2. The predicted octanol–water partition coefficient (Wildman–Crippen LogP) is 4.18. The monoisotopic (exact) mass is 452 g/mol. The van der Waals surface area contributed by atoms with Gasteiger partial charge in [0.2, 0.25) is 0 Å². The summed E-state index contributed by atoms with van der Waals surface area (Å²) in [5, 5.41) is 4.83. The minimum Gasteiger partial charge on any atom is -0.312 e. The highest BCUT2D eigenvalue weighted by Crippen LogP contribution is 2.29. The van der Waals surface area contributed by atoms with Crippen LogP contribution in [-0.4, -0.2) is 15.0 Å². The summed E-state index contributed by atoms with van der Waals surface area (Å²) in [7, 11) is -3.57. The molecule has 4 nitrogen and oxygen atoms in total. The van der Waals surface area contributed by atoms with Crippen LogP contribution < -0.4 is 10.0 Å². The topological polar surface area (TPSA) is 58.2 Å². The molecule has 0 fully saturated rings. The van der Waals surface area contributed by atoms with Gasteiger partial charge in [-0.2, -0.15) is 0 Å². The molecule has 1 aromatic heterocycles. The van der Waals surface area contributed by atoms with Crippen molar-refractivity contribution >= 4 is 58.9 Å². The maximum Gasteiger partial charge on any atom is 0.262 e. The molecule has 2 aromatic rings. The summed E-state index contributed by atoms with van der Waals surface area (Å²) in [6.07, 6.45) is 0.